The number of thiophene rings is 1. The third kappa shape index (κ3) is 4.20. The first-order valence-electron chi connectivity index (χ1n) is 7.90. The maximum atomic E-state index is 13.6. The maximum Gasteiger partial charge on any atom is 0.266 e. The normalized spacial score (nSPS) is 10.7. The average molecular weight is 375 g/mol. The molecule has 0 bridgehead atoms. The second-order valence-electron chi connectivity index (χ2n) is 5.49. The minimum absolute atomic E-state index is 0.221. The molecular formula is C18H15F2N3O2S. The summed E-state index contributed by atoms with van der Waals surface area (Å²) in [5.74, 6) is -2.28. The van der Waals surface area contributed by atoms with Crippen LogP contribution in [0.1, 0.15) is 16.8 Å². The Morgan fingerprint density at radius 3 is 2.77 bits per heavy atom. The summed E-state index contributed by atoms with van der Waals surface area (Å²) in [5, 5.41) is 8.79. The zero-order valence-electron chi connectivity index (χ0n) is 13.6. The molecule has 0 unspecified atom stereocenters. The summed E-state index contributed by atoms with van der Waals surface area (Å²) in [7, 11) is 0. The fourth-order valence-electron chi connectivity index (χ4n) is 2.36. The van der Waals surface area contributed by atoms with Crippen molar-refractivity contribution in [2.45, 2.75) is 13.0 Å². The van der Waals surface area contributed by atoms with Gasteiger partial charge in [0.2, 0.25) is 0 Å². The quantitative estimate of drug-likeness (QED) is 0.674. The molecule has 1 amide bonds. The number of carbonyl (C=O) groups is 1. The highest BCUT2D eigenvalue weighted by atomic mass is 32.1. The van der Waals surface area contributed by atoms with Gasteiger partial charge in [-0.3, -0.25) is 9.59 Å². The lowest BCUT2D eigenvalue weighted by atomic mass is 10.2. The van der Waals surface area contributed by atoms with Crippen molar-refractivity contribution in [3.8, 4) is 10.6 Å². The van der Waals surface area contributed by atoms with Crippen molar-refractivity contribution < 1.29 is 13.6 Å². The van der Waals surface area contributed by atoms with E-state index in [2.05, 4.69) is 10.4 Å². The van der Waals surface area contributed by atoms with Gasteiger partial charge >= 0.3 is 0 Å². The molecule has 0 fully saturated rings. The lowest BCUT2D eigenvalue weighted by molar-refractivity contribution is 0.0948. The molecule has 3 aromatic rings. The van der Waals surface area contributed by atoms with Crippen LogP contribution in [0.2, 0.25) is 0 Å². The van der Waals surface area contributed by atoms with E-state index in [0.717, 1.165) is 17.0 Å². The topological polar surface area (TPSA) is 64.0 Å². The maximum absolute atomic E-state index is 13.6. The summed E-state index contributed by atoms with van der Waals surface area (Å²) in [6, 6.07) is 9.72. The van der Waals surface area contributed by atoms with E-state index < -0.39 is 17.5 Å². The number of carbonyl (C=O) groups excluding carboxylic acids is 1. The predicted molar refractivity (Wildman–Crippen MR) is 95.1 cm³/mol. The smallest absolute Gasteiger partial charge is 0.266 e. The van der Waals surface area contributed by atoms with E-state index in [0.29, 0.717) is 24.7 Å². The minimum Gasteiger partial charge on any atom is -0.352 e. The molecule has 0 aliphatic carbocycles. The molecule has 2 heterocycles. The Morgan fingerprint density at radius 2 is 2.04 bits per heavy atom. The molecular weight excluding hydrogens is 360 g/mol. The number of hydrogen-bond donors (Lipinski definition) is 1. The first kappa shape index (κ1) is 17.9. The van der Waals surface area contributed by atoms with Crippen molar-refractivity contribution in [2.75, 3.05) is 6.54 Å². The number of aromatic nitrogens is 2. The van der Waals surface area contributed by atoms with Gasteiger partial charge < -0.3 is 5.32 Å². The number of amides is 1. The number of benzene rings is 1. The van der Waals surface area contributed by atoms with Gasteiger partial charge in [0.1, 0.15) is 17.3 Å². The van der Waals surface area contributed by atoms with Crippen LogP contribution in [0.5, 0.6) is 0 Å². The van der Waals surface area contributed by atoms with E-state index in [4.69, 9.17) is 0 Å². The van der Waals surface area contributed by atoms with Crippen molar-refractivity contribution >= 4 is 17.2 Å². The molecule has 3 rings (SSSR count). The van der Waals surface area contributed by atoms with E-state index in [-0.39, 0.29) is 17.7 Å². The first-order chi connectivity index (χ1) is 12.5. The van der Waals surface area contributed by atoms with Crippen molar-refractivity contribution in [1.82, 2.24) is 15.1 Å². The van der Waals surface area contributed by atoms with E-state index in [1.807, 2.05) is 17.5 Å². The van der Waals surface area contributed by atoms with Crippen LogP contribution in [0.25, 0.3) is 10.6 Å². The van der Waals surface area contributed by atoms with Crippen molar-refractivity contribution in [2.24, 2.45) is 0 Å². The van der Waals surface area contributed by atoms with Crippen LogP contribution in [0, 0.1) is 11.6 Å². The van der Waals surface area contributed by atoms with Gasteiger partial charge in [-0.1, -0.05) is 6.07 Å². The molecule has 8 heteroatoms. The van der Waals surface area contributed by atoms with Crippen LogP contribution < -0.4 is 10.9 Å². The van der Waals surface area contributed by atoms with Crippen LogP contribution in [-0.2, 0) is 6.54 Å². The van der Waals surface area contributed by atoms with Gasteiger partial charge in [0.25, 0.3) is 11.5 Å². The fourth-order valence-corrected chi connectivity index (χ4v) is 3.05. The summed E-state index contributed by atoms with van der Waals surface area (Å²) in [5.41, 5.74) is 0.250. The molecule has 0 saturated carbocycles. The molecule has 0 radical (unpaired) electrons. The van der Waals surface area contributed by atoms with Crippen molar-refractivity contribution in [1.29, 1.82) is 0 Å². The third-order valence-corrected chi connectivity index (χ3v) is 4.54. The molecule has 5 nitrogen and oxygen atoms in total. The lowest BCUT2D eigenvalue weighted by Crippen LogP contribution is -2.28. The van der Waals surface area contributed by atoms with Gasteiger partial charge in [0, 0.05) is 25.2 Å². The third-order valence-electron chi connectivity index (χ3n) is 3.65. The Balaban J connectivity index is 1.57. The second-order valence-corrected chi connectivity index (χ2v) is 6.44. The molecule has 0 atom stereocenters. The average Bonchev–Trinajstić information content (AvgIpc) is 3.14. The zero-order chi connectivity index (χ0) is 18.5. The summed E-state index contributed by atoms with van der Waals surface area (Å²) in [4.78, 5) is 24.8. The molecule has 1 aromatic carbocycles. The Morgan fingerprint density at radius 1 is 1.19 bits per heavy atom. The van der Waals surface area contributed by atoms with Gasteiger partial charge in [-0.2, -0.15) is 5.10 Å². The number of halogens is 2. The van der Waals surface area contributed by atoms with Crippen LogP contribution in [0.4, 0.5) is 8.78 Å². The van der Waals surface area contributed by atoms with Crippen molar-refractivity contribution in [3.05, 3.63) is 75.4 Å². The SMILES string of the molecule is O=C(NCCCn1nc(-c2cccs2)ccc1=O)c1ccc(F)cc1F. The largest absolute Gasteiger partial charge is 0.352 e. The number of nitrogens with zero attached hydrogens (tertiary/aromatic N) is 2. The zero-order valence-corrected chi connectivity index (χ0v) is 14.4. The van der Waals surface area contributed by atoms with Gasteiger partial charge in [-0.05, 0) is 36.1 Å². The second kappa shape index (κ2) is 8.01. The summed E-state index contributed by atoms with van der Waals surface area (Å²) >= 11 is 1.53. The molecule has 134 valence electrons. The number of rotatable bonds is 6. The molecule has 0 aliphatic rings. The molecule has 0 saturated heterocycles. The Hall–Kier alpha value is -2.87. The fraction of sp³-hybridized carbons (Fsp3) is 0.167. The van der Waals surface area contributed by atoms with Gasteiger partial charge in [0.05, 0.1) is 10.4 Å². The minimum atomic E-state index is -0.913. The molecule has 26 heavy (non-hydrogen) atoms. The Labute approximate surface area is 151 Å². The molecule has 0 aliphatic heterocycles. The van der Waals surface area contributed by atoms with Gasteiger partial charge in [0.15, 0.2) is 0 Å². The van der Waals surface area contributed by atoms with Crippen LogP contribution in [0.15, 0.2) is 52.6 Å². The summed E-state index contributed by atoms with van der Waals surface area (Å²) in [6.45, 7) is 0.539. The Kier molecular flexibility index (Phi) is 5.52. The lowest BCUT2D eigenvalue weighted by Gasteiger charge is -2.08. The summed E-state index contributed by atoms with van der Waals surface area (Å²) in [6.07, 6.45) is 0.440. The monoisotopic (exact) mass is 375 g/mol. The van der Waals surface area contributed by atoms with Gasteiger partial charge in [-0.15, -0.1) is 11.3 Å². The Bertz CT molecular complexity index is 971. The highest BCUT2D eigenvalue weighted by molar-refractivity contribution is 7.13. The van der Waals surface area contributed by atoms with E-state index in [9.17, 15) is 18.4 Å². The number of nitrogens with one attached hydrogen (secondary N) is 1. The highest BCUT2D eigenvalue weighted by Gasteiger charge is 2.12. The first-order valence-corrected chi connectivity index (χ1v) is 8.78. The molecule has 0 spiro atoms. The molecule has 1 N–H and O–H groups in total. The van der Waals surface area contributed by atoms with E-state index in [1.165, 1.54) is 22.1 Å². The van der Waals surface area contributed by atoms with E-state index >= 15 is 0 Å². The van der Waals surface area contributed by atoms with Gasteiger partial charge in [-0.25, -0.2) is 13.5 Å². The number of hydrogen-bond acceptors (Lipinski definition) is 4. The summed E-state index contributed by atoms with van der Waals surface area (Å²) < 4.78 is 27.8. The van der Waals surface area contributed by atoms with E-state index in [1.54, 1.807) is 6.07 Å². The molecule has 2 aromatic heterocycles. The number of aryl methyl sites for hydroxylation is 1. The van der Waals surface area contributed by atoms with Crippen molar-refractivity contribution in [3.63, 3.8) is 0 Å². The van der Waals surface area contributed by atoms with Crippen LogP contribution >= 0.6 is 11.3 Å². The standard InChI is InChI=1S/C18H15F2N3O2S/c19-12-4-5-13(14(20)11-12)18(25)21-8-2-9-23-17(24)7-6-15(22-23)16-3-1-10-26-16/h1,3-7,10-11H,2,8-9H2,(H,21,25). The highest BCUT2D eigenvalue weighted by Crippen LogP contribution is 2.21. The predicted octanol–water partition coefficient (Wildman–Crippen LogP) is 3.07. The van der Waals surface area contributed by atoms with Crippen LogP contribution in [-0.4, -0.2) is 22.2 Å². The van der Waals surface area contributed by atoms with Crippen LogP contribution in [0.3, 0.4) is 0 Å².